The molecular formula is C11H23NO3. The highest BCUT2D eigenvalue weighted by molar-refractivity contribution is 5.71. The third kappa shape index (κ3) is 7.33. The van der Waals surface area contributed by atoms with Crippen molar-refractivity contribution in [1.29, 1.82) is 0 Å². The van der Waals surface area contributed by atoms with E-state index in [1.54, 1.807) is 0 Å². The van der Waals surface area contributed by atoms with Crippen LogP contribution >= 0.6 is 0 Å². The minimum atomic E-state index is -0.203. The first-order valence-electron chi connectivity index (χ1n) is 5.62. The normalized spacial score (nSPS) is 11.1. The van der Waals surface area contributed by atoms with Crippen LogP contribution in [0.2, 0.25) is 0 Å². The highest BCUT2D eigenvalue weighted by Crippen LogP contribution is 1.98. The number of nitrogens with zero attached hydrogens (tertiary/aromatic N) is 1. The first kappa shape index (κ1) is 14.4. The smallest absolute Gasteiger partial charge is 0.320 e. The minimum absolute atomic E-state index is 0.0699. The van der Waals surface area contributed by atoms with E-state index in [2.05, 4.69) is 6.92 Å². The molecule has 0 saturated heterocycles. The van der Waals surface area contributed by atoms with Crippen molar-refractivity contribution in [3.05, 3.63) is 0 Å². The van der Waals surface area contributed by atoms with Gasteiger partial charge in [0.1, 0.15) is 0 Å². The number of aliphatic hydroxyl groups is 1. The quantitative estimate of drug-likeness (QED) is 0.487. The van der Waals surface area contributed by atoms with Crippen LogP contribution in [0.25, 0.3) is 0 Å². The number of ether oxygens (including phenoxy) is 1. The van der Waals surface area contributed by atoms with Gasteiger partial charge in [-0.05, 0) is 20.3 Å². The Kier molecular flexibility index (Phi) is 8.33. The maximum absolute atomic E-state index is 11.4. The number of unbranched alkanes of at least 4 members (excludes halogenated alkanes) is 1. The van der Waals surface area contributed by atoms with E-state index in [1.807, 2.05) is 18.7 Å². The van der Waals surface area contributed by atoms with Crippen molar-refractivity contribution < 1.29 is 14.6 Å². The zero-order chi connectivity index (χ0) is 11.7. The lowest BCUT2D eigenvalue weighted by atomic mass is 10.3. The minimum Gasteiger partial charge on any atom is -0.465 e. The summed E-state index contributed by atoms with van der Waals surface area (Å²) < 4.78 is 5.05. The van der Waals surface area contributed by atoms with Crippen LogP contribution in [0.3, 0.4) is 0 Å². The van der Waals surface area contributed by atoms with Crippen LogP contribution in [0.4, 0.5) is 0 Å². The molecule has 0 radical (unpaired) electrons. The van der Waals surface area contributed by atoms with Gasteiger partial charge in [0.2, 0.25) is 0 Å². The average Bonchev–Trinajstić information content (AvgIpc) is 2.17. The second kappa shape index (κ2) is 8.68. The van der Waals surface area contributed by atoms with Crippen LogP contribution in [-0.4, -0.2) is 48.3 Å². The molecule has 15 heavy (non-hydrogen) atoms. The van der Waals surface area contributed by atoms with Gasteiger partial charge in [-0.25, -0.2) is 0 Å². The molecule has 0 amide bonds. The molecule has 4 heteroatoms. The summed E-state index contributed by atoms with van der Waals surface area (Å²) in [4.78, 5) is 13.3. The standard InChI is InChI=1S/C11H23NO3/c1-4-5-8-15-11(14)9-12(6-7-13)10(2)3/h10,13H,4-9H2,1-3H3. The third-order valence-corrected chi connectivity index (χ3v) is 2.21. The third-order valence-electron chi connectivity index (χ3n) is 2.21. The molecule has 0 saturated carbocycles. The SMILES string of the molecule is CCCCOC(=O)CN(CCO)C(C)C. The van der Waals surface area contributed by atoms with E-state index in [9.17, 15) is 4.79 Å². The van der Waals surface area contributed by atoms with E-state index in [-0.39, 0.29) is 25.2 Å². The highest BCUT2D eigenvalue weighted by atomic mass is 16.5. The number of rotatable bonds is 8. The number of hydrogen-bond donors (Lipinski definition) is 1. The summed E-state index contributed by atoms with van der Waals surface area (Å²) in [6.07, 6.45) is 1.94. The number of carbonyl (C=O) groups is 1. The van der Waals surface area contributed by atoms with Crippen molar-refractivity contribution in [3.63, 3.8) is 0 Å². The highest BCUT2D eigenvalue weighted by Gasteiger charge is 2.13. The summed E-state index contributed by atoms with van der Waals surface area (Å²) in [6.45, 7) is 7.40. The molecule has 0 aliphatic carbocycles. The molecule has 0 bridgehead atoms. The summed E-state index contributed by atoms with van der Waals surface area (Å²) in [6, 6.07) is 0.246. The Hall–Kier alpha value is -0.610. The molecule has 0 aliphatic heterocycles. The van der Waals surface area contributed by atoms with Crippen LogP contribution < -0.4 is 0 Å². The van der Waals surface area contributed by atoms with Crippen LogP contribution in [0, 0.1) is 0 Å². The van der Waals surface area contributed by atoms with Crippen LogP contribution in [0.15, 0.2) is 0 Å². The second-order valence-electron chi connectivity index (χ2n) is 3.86. The molecule has 0 heterocycles. The van der Waals surface area contributed by atoms with Gasteiger partial charge < -0.3 is 9.84 Å². The van der Waals surface area contributed by atoms with Crippen LogP contribution in [-0.2, 0) is 9.53 Å². The Labute approximate surface area is 92.2 Å². The summed E-state index contributed by atoms with van der Waals surface area (Å²) in [5.74, 6) is -0.203. The van der Waals surface area contributed by atoms with E-state index in [4.69, 9.17) is 9.84 Å². The van der Waals surface area contributed by atoms with Gasteiger partial charge in [-0.2, -0.15) is 0 Å². The predicted octanol–water partition coefficient (Wildman–Crippen LogP) is 1.03. The molecule has 0 aliphatic rings. The maximum Gasteiger partial charge on any atom is 0.320 e. The number of hydrogen-bond acceptors (Lipinski definition) is 4. The lowest BCUT2D eigenvalue weighted by Crippen LogP contribution is -2.38. The molecular weight excluding hydrogens is 194 g/mol. The second-order valence-corrected chi connectivity index (χ2v) is 3.86. The fourth-order valence-corrected chi connectivity index (χ4v) is 1.19. The Morgan fingerprint density at radius 2 is 2.13 bits per heavy atom. The Bertz CT molecular complexity index is 171. The molecule has 0 unspecified atom stereocenters. The van der Waals surface area contributed by atoms with Crippen molar-refractivity contribution in [2.75, 3.05) is 26.3 Å². The van der Waals surface area contributed by atoms with Gasteiger partial charge >= 0.3 is 5.97 Å². The fourth-order valence-electron chi connectivity index (χ4n) is 1.19. The van der Waals surface area contributed by atoms with Gasteiger partial charge in [0.15, 0.2) is 0 Å². The molecule has 1 N–H and O–H groups in total. The molecule has 0 aromatic carbocycles. The molecule has 90 valence electrons. The molecule has 0 aromatic rings. The lowest BCUT2D eigenvalue weighted by molar-refractivity contribution is -0.145. The molecule has 0 aromatic heterocycles. The zero-order valence-electron chi connectivity index (χ0n) is 10.0. The van der Waals surface area contributed by atoms with Crippen molar-refractivity contribution in [3.8, 4) is 0 Å². The number of carbonyl (C=O) groups excluding carboxylic acids is 1. The van der Waals surface area contributed by atoms with Gasteiger partial charge in [-0.3, -0.25) is 9.69 Å². The van der Waals surface area contributed by atoms with Crippen molar-refractivity contribution in [2.45, 2.75) is 39.7 Å². The Morgan fingerprint density at radius 1 is 1.47 bits per heavy atom. The number of aliphatic hydroxyl groups excluding tert-OH is 1. The topological polar surface area (TPSA) is 49.8 Å². The predicted molar refractivity (Wildman–Crippen MR) is 59.7 cm³/mol. The summed E-state index contributed by atoms with van der Waals surface area (Å²) in [5, 5.41) is 8.82. The molecule has 0 spiro atoms. The largest absolute Gasteiger partial charge is 0.465 e. The van der Waals surface area contributed by atoms with Crippen molar-refractivity contribution in [2.24, 2.45) is 0 Å². The van der Waals surface area contributed by atoms with Gasteiger partial charge in [-0.15, -0.1) is 0 Å². The number of esters is 1. The molecule has 0 atom stereocenters. The summed E-state index contributed by atoms with van der Waals surface area (Å²) in [5.41, 5.74) is 0. The van der Waals surface area contributed by atoms with E-state index in [1.165, 1.54) is 0 Å². The van der Waals surface area contributed by atoms with Gasteiger partial charge in [-0.1, -0.05) is 13.3 Å². The van der Waals surface area contributed by atoms with E-state index in [0.717, 1.165) is 12.8 Å². The monoisotopic (exact) mass is 217 g/mol. The van der Waals surface area contributed by atoms with E-state index >= 15 is 0 Å². The van der Waals surface area contributed by atoms with Gasteiger partial charge in [0, 0.05) is 12.6 Å². The Morgan fingerprint density at radius 3 is 2.60 bits per heavy atom. The molecule has 0 fully saturated rings. The van der Waals surface area contributed by atoms with Crippen molar-refractivity contribution >= 4 is 5.97 Å². The first-order valence-corrected chi connectivity index (χ1v) is 5.62. The fraction of sp³-hybridized carbons (Fsp3) is 0.909. The summed E-state index contributed by atoms with van der Waals surface area (Å²) >= 11 is 0. The van der Waals surface area contributed by atoms with Gasteiger partial charge in [0.25, 0.3) is 0 Å². The zero-order valence-corrected chi connectivity index (χ0v) is 10.0. The van der Waals surface area contributed by atoms with E-state index in [0.29, 0.717) is 13.2 Å². The van der Waals surface area contributed by atoms with Crippen LogP contribution in [0.1, 0.15) is 33.6 Å². The summed E-state index contributed by atoms with van der Waals surface area (Å²) in [7, 11) is 0. The maximum atomic E-state index is 11.4. The van der Waals surface area contributed by atoms with Crippen molar-refractivity contribution in [1.82, 2.24) is 4.90 Å². The first-order chi connectivity index (χ1) is 7.11. The van der Waals surface area contributed by atoms with Gasteiger partial charge in [0.05, 0.1) is 19.8 Å². The lowest BCUT2D eigenvalue weighted by Gasteiger charge is -2.24. The Balaban J connectivity index is 3.78. The molecule has 4 nitrogen and oxygen atoms in total. The van der Waals surface area contributed by atoms with Crippen LogP contribution in [0.5, 0.6) is 0 Å². The van der Waals surface area contributed by atoms with E-state index < -0.39 is 0 Å². The molecule has 0 rings (SSSR count). The average molecular weight is 217 g/mol.